The van der Waals surface area contributed by atoms with Crippen molar-refractivity contribution in [2.45, 2.75) is 17.3 Å². The summed E-state index contributed by atoms with van der Waals surface area (Å²) in [6.45, 7) is 1.62. The van der Waals surface area contributed by atoms with Crippen LogP contribution in [0.5, 0.6) is 0 Å². The van der Waals surface area contributed by atoms with E-state index in [4.69, 9.17) is 0 Å². The number of ether oxygens (including phenoxy) is 1. The smallest absolute Gasteiger partial charge is 0.413 e. The number of methoxy groups -OCH3 is 1. The maximum Gasteiger partial charge on any atom is 0.413 e. The zero-order valence-corrected chi connectivity index (χ0v) is 15.3. The van der Waals surface area contributed by atoms with E-state index < -0.39 is 17.3 Å². The van der Waals surface area contributed by atoms with Gasteiger partial charge in [-0.3, -0.25) is 19.5 Å². The number of alkyl carbamates (subject to hydrolysis) is 1. The summed E-state index contributed by atoms with van der Waals surface area (Å²) >= 11 is 1.10. The van der Waals surface area contributed by atoms with Crippen molar-refractivity contribution >= 4 is 45.4 Å². The molecule has 1 aromatic heterocycles. The summed E-state index contributed by atoms with van der Waals surface area (Å²) < 4.78 is 5.82. The largest absolute Gasteiger partial charge is 0.453 e. The average molecular weight is 371 g/mol. The van der Waals surface area contributed by atoms with Gasteiger partial charge in [-0.2, -0.15) is 0 Å². The number of thioether (sulfide) groups is 1. The van der Waals surface area contributed by atoms with Crippen molar-refractivity contribution in [1.82, 2.24) is 14.9 Å². The van der Waals surface area contributed by atoms with Crippen molar-refractivity contribution in [3.63, 3.8) is 0 Å². The number of aromatic nitrogens is 2. The Morgan fingerprint density at radius 3 is 2.54 bits per heavy atom. The minimum Gasteiger partial charge on any atom is -0.453 e. The Morgan fingerprint density at radius 2 is 1.88 bits per heavy atom. The van der Waals surface area contributed by atoms with Crippen LogP contribution in [0, 0.1) is 0 Å². The van der Waals surface area contributed by atoms with Crippen LogP contribution in [0.4, 0.5) is 4.79 Å². The van der Waals surface area contributed by atoms with E-state index in [0.717, 1.165) is 22.5 Å². The second-order valence-corrected chi connectivity index (χ2v) is 7.02. The van der Waals surface area contributed by atoms with Gasteiger partial charge in [-0.15, -0.1) is 0 Å². The van der Waals surface area contributed by atoms with E-state index in [0.29, 0.717) is 16.1 Å². The summed E-state index contributed by atoms with van der Waals surface area (Å²) in [5.41, 5.74) is 0.374. The zero-order valence-electron chi connectivity index (χ0n) is 14.5. The Hall–Kier alpha value is -2.87. The molecular weight excluding hydrogens is 354 g/mol. The Balaban J connectivity index is 2.00. The molecule has 3 aromatic rings. The quantitative estimate of drug-likeness (QED) is 0.432. The van der Waals surface area contributed by atoms with Crippen LogP contribution in [0.3, 0.4) is 0 Å². The van der Waals surface area contributed by atoms with Crippen molar-refractivity contribution in [3.8, 4) is 0 Å². The van der Waals surface area contributed by atoms with E-state index in [1.165, 1.54) is 11.7 Å². The maximum absolute atomic E-state index is 12.7. The van der Waals surface area contributed by atoms with E-state index in [-0.39, 0.29) is 5.56 Å². The number of carbonyl (C=O) groups is 2. The van der Waals surface area contributed by atoms with Crippen molar-refractivity contribution in [2.24, 2.45) is 7.05 Å². The van der Waals surface area contributed by atoms with Crippen molar-refractivity contribution < 1.29 is 14.3 Å². The van der Waals surface area contributed by atoms with E-state index in [9.17, 15) is 14.4 Å². The molecule has 1 heterocycles. The predicted molar refractivity (Wildman–Crippen MR) is 100 cm³/mol. The molecule has 0 unspecified atom stereocenters. The monoisotopic (exact) mass is 371 g/mol. The highest BCUT2D eigenvalue weighted by molar-refractivity contribution is 8.00. The topological polar surface area (TPSA) is 90.3 Å². The normalized spacial score (nSPS) is 12.1. The Bertz CT molecular complexity index is 1080. The van der Waals surface area contributed by atoms with Crippen LogP contribution in [0.2, 0.25) is 0 Å². The predicted octanol–water partition coefficient (Wildman–Crippen LogP) is 2.45. The molecule has 1 N–H and O–H groups in total. The highest BCUT2D eigenvalue weighted by atomic mass is 32.2. The van der Waals surface area contributed by atoms with Gasteiger partial charge in [0, 0.05) is 7.05 Å². The van der Waals surface area contributed by atoms with Crippen molar-refractivity contribution in [3.05, 3.63) is 46.8 Å². The highest BCUT2D eigenvalue weighted by Crippen LogP contribution is 2.24. The molecule has 0 saturated heterocycles. The number of benzene rings is 2. The van der Waals surface area contributed by atoms with Crippen molar-refractivity contribution in [1.29, 1.82) is 0 Å². The molecule has 3 rings (SSSR count). The van der Waals surface area contributed by atoms with Gasteiger partial charge in [-0.1, -0.05) is 36.0 Å². The van der Waals surface area contributed by atoms with Gasteiger partial charge in [0.05, 0.1) is 23.3 Å². The van der Waals surface area contributed by atoms with E-state index in [1.54, 1.807) is 14.0 Å². The standard InChI is InChI=1S/C18H17N3O4S/c1-10(15(22)20-18(24)25-3)26-17-19-14-9-12-7-5-4-6-11(12)8-13(14)16(23)21(17)2/h4-10H,1-3H3,(H,20,22,24)/t10-/m0/s1. The lowest BCUT2D eigenvalue weighted by Crippen LogP contribution is -2.36. The maximum atomic E-state index is 12.7. The third-order valence-corrected chi connectivity index (χ3v) is 5.11. The van der Waals surface area contributed by atoms with Crippen LogP contribution < -0.4 is 10.9 Å². The fraction of sp³-hybridized carbons (Fsp3) is 0.222. The van der Waals surface area contributed by atoms with Crippen LogP contribution in [0.25, 0.3) is 21.7 Å². The number of fused-ring (bicyclic) bond motifs is 2. The number of imide groups is 1. The fourth-order valence-electron chi connectivity index (χ4n) is 2.51. The Morgan fingerprint density at radius 1 is 1.23 bits per heavy atom. The lowest BCUT2D eigenvalue weighted by atomic mass is 10.1. The summed E-state index contributed by atoms with van der Waals surface area (Å²) in [4.78, 5) is 40.4. The molecule has 0 fully saturated rings. The molecule has 0 aliphatic rings. The van der Waals surface area contributed by atoms with Gasteiger partial charge in [0.2, 0.25) is 5.91 Å². The zero-order chi connectivity index (χ0) is 18.8. The number of nitrogens with zero attached hydrogens (tertiary/aromatic N) is 2. The van der Waals surface area contributed by atoms with E-state index >= 15 is 0 Å². The van der Waals surface area contributed by atoms with Crippen LogP contribution in [0.15, 0.2) is 46.3 Å². The summed E-state index contributed by atoms with van der Waals surface area (Å²) in [6.07, 6.45) is -0.825. The third-order valence-electron chi connectivity index (χ3n) is 3.96. The summed E-state index contributed by atoms with van der Waals surface area (Å²) in [5, 5.41) is 4.33. The number of hydrogen-bond acceptors (Lipinski definition) is 6. The number of carbonyl (C=O) groups excluding carboxylic acids is 2. The van der Waals surface area contributed by atoms with Gasteiger partial charge in [-0.25, -0.2) is 9.78 Å². The first-order chi connectivity index (χ1) is 12.4. The molecule has 26 heavy (non-hydrogen) atoms. The van der Waals surface area contributed by atoms with Gasteiger partial charge >= 0.3 is 6.09 Å². The number of nitrogens with one attached hydrogen (secondary N) is 1. The van der Waals surface area contributed by atoms with Gasteiger partial charge < -0.3 is 4.74 Å². The molecule has 2 amide bonds. The highest BCUT2D eigenvalue weighted by Gasteiger charge is 2.20. The first-order valence-electron chi connectivity index (χ1n) is 7.85. The molecule has 0 bridgehead atoms. The molecule has 8 heteroatoms. The number of rotatable bonds is 3. The summed E-state index contributed by atoms with van der Waals surface area (Å²) in [6, 6.07) is 11.4. The van der Waals surface area contributed by atoms with Crippen LogP contribution >= 0.6 is 11.8 Å². The SMILES string of the molecule is COC(=O)NC(=O)[C@H](C)Sc1nc2cc3ccccc3cc2c(=O)n1C. The fourth-order valence-corrected chi connectivity index (χ4v) is 3.38. The molecule has 0 aliphatic carbocycles. The molecule has 0 saturated carbocycles. The Labute approximate surface area is 153 Å². The molecule has 7 nitrogen and oxygen atoms in total. The lowest BCUT2D eigenvalue weighted by Gasteiger charge is -2.13. The Kier molecular flexibility index (Phi) is 4.94. The molecule has 0 aliphatic heterocycles. The molecule has 1 atom stereocenters. The van der Waals surface area contributed by atoms with Crippen LogP contribution in [-0.2, 0) is 16.6 Å². The number of amides is 2. The third kappa shape index (κ3) is 3.41. The first-order valence-corrected chi connectivity index (χ1v) is 8.73. The second-order valence-electron chi connectivity index (χ2n) is 5.72. The van der Waals surface area contributed by atoms with Crippen LogP contribution in [-0.4, -0.2) is 33.9 Å². The van der Waals surface area contributed by atoms with Crippen molar-refractivity contribution in [2.75, 3.05) is 7.11 Å². The van der Waals surface area contributed by atoms with Gasteiger partial charge in [0.15, 0.2) is 5.16 Å². The van der Waals surface area contributed by atoms with Gasteiger partial charge in [0.1, 0.15) is 0 Å². The minimum atomic E-state index is -0.825. The number of hydrogen-bond donors (Lipinski definition) is 1. The molecule has 134 valence electrons. The van der Waals surface area contributed by atoms with Gasteiger partial charge in [-0.05, 0) is 29.8 Å². The summed E-state index contributed by atoms with van der Waals surface area (Å²) in [7, 11) is 2.79. The second kappa shape index (κ2) is 7.17. The van der Waals surface area contributed by atoms with E-state index in [1.807, 2.05) is 36.4 Å². The minimum absolute atomic E-state index is 0.191. The molecule has 0 spiro atoms. The van der Waals surface area contributed by atoms with E-state index in [2.05, 4.69) is 15.0 Å². The molecule has 2 aromatic carbocycles. The van der Waals surface area contributed by atoms with Gasteiger partial charge in [0.25, 0.3) is 5.56 Å². The first kappa shape index (κ1) is 17.9. The van der Waals surface area contributed by atoms with Crippen LogP contribution in [0.1, 0.15) is 6.92 Å². The molecular formula is C18H17N3O4S. The average Bonchev–Trinajstić information content (AvgIpc) is 2.64. The lowest BCUT2D eigenvalue weighted by molar-refractivity contribution is -0.119. The summed E-state index contributed by atoms with van der Waals surface area (Å²) in [5.74, 6) is -0.519. The molecule has 0 radical (unpaired) electrons.